The summed E-state index contributed by atoms with van der Waals surface area (Å²) in [6.07, 6.45) is 0.848. The van der Waals surface area contributed by atoms with E-state index in [0.717, 1.165) is 23.4 Å². The van der Waals surface area contributed by atoms with Gasteiger partial charge in [-0.1, -0.05) is 26.8 Å². The van der Waals surface area contributed by atoms with Crippen molar-refractivity contribution in [2.45, 2.75) is 33.1 Å². The summed E-state index contributed by atoms with van der Waals surface area (Å²) in [4.78, 5) is 11.1. The molecular formula is C16H18FNO. The smallest absolute Gasteiger partial charge is 0.151 e. The lowest BCUT2D eigenvalue weighted by Crippen LogP contribution is -2.17. The zero-order valence-corrected chi connectivity index (χ0v) is 11.7. The minimum absolute atomic E-state index is 0.127. The van der Waals surface area contributed by atoms with Gasteiger partial charge in [-0.05, 0) is 31.2 Å². The second-order valence-corrected chi connectivity index (χ2v) is 5.75. The van der Waals surface area contributed by atoms with Crippen molar-refractivity contribution in [2.24, 2.45) is 0 Å². The first-order chi connectivity index (χ1) is 8.84. The average molecular weight is 259 g/mol. The van der Waals surface area contributed by atoms with E-state index < -0.39 is 0 Å². The van der Waals surface area contributed by atoms with Gasteiger partial charge in [0, 0.05) is 28.1 Å². The minimum Gasteiger partial charge on any atom is -0.317 e. The van der Waals surface area contributed by atoms with Gasteiger partial charge in [0.15, 0.2) is 6.29 Å². The molecule has 1 heterocycles. The molecule has 0 aliphatic heterocycles. The van der Waals surface area contributed by atoms with Crippen LogP contribution in [0.2, 0.25) is 0 Å². The van der Waals surface area contributed by atoms with Crippen LogP contribution in [0, 0.1) is 12.7 Å². The number of nitrogens with zero attached hydrogens (tertiary/aromatic N) is 1. The summed E-state index contributed by atoms with van der Waals surface area (Å²) in [7, 11) is 0. The van der Waals surface area contributed by atoms with E-state index in [0.29, 0.717) is 5.56 Å². The summed E-state index contributed by atoms with van der Waals surface area (Å²) in [6, 6.07) is 8.31. The van der Waals surface area contributed by atoms with Crippen molar-refractivity contribution in [1.82, 2.24) is 4.57 Å². The number of carbonyl (C=O) groups is 1. The molecule has 19 heavy (non-hydrogen) atoms. The average Bonchev–Trinajstić information content (AvgIpc) is 2.66. The molecule has 0 spiro atoms. The first kappa shape index (κ1) is 13.5. The molecule has 0 saturated heterocycles. The van der Waals surface area contributed by atoms with Crippen molar-refractivity contribution in [2.75, 3.05) is 0 Å². The molecular weight excluding hydrogens is 241 g/mol. The molecule has 3 heteroatoms. The molecule has 100 valence electrons. The molecule has 2 aromatic rings. The number of carbonyl (C=O) groups excluding carboxylic acids is 1. The number of halogens is 1. The lowest BCUT2D eigenvalue weighted by Gasteiger charge is -2.22. The van der Waals surface area contributed by atoms with Crippen molar-refractivity contribution >= 4 is 6.29 Å². The number of aldehydes is 1. The van der Waals surface area contributed by atoms with Crippen LogP contribution in [0.4, 0.5) is 4.39 Å². The molecule has 0 aliphatic carbocycles. The second kappa shape index (κ2) is 4.65. The van der Waals surface area contributed by atoms with E-state index in [1.165, 1.54) is 12.1 Å². The molecule has 0 aliphatic rings. The SMILES string of the molecule is Cc1c(C=O)cc(C(C)(C)C)n1-c1cccc(F)c1. The molecule has 2 rings (SSSR count). The lowest BCUT2D eigenvalue weighted by atomic mass is 9.92. The number of hydrogen-bond donors (Lipinski definition) is 0. The highest BCUT2D eigenvalue weighted by molar-refractivity contribution is 5.78. The highest BCUT2D eigenvalue weighted by Crippen LogP contribution is 2.30. The van der Waals surface area contributed by atoms with E-state index in [9.17, 15) is 9.18 Å². The third kappa shape index (κ3) is 2.46. The Bertz CT molecular complexity index is 620. The van der Waals surface area contributed by atoms with Gasteiger partial charge in [0.05, 0.1) is 0 Å². The van der Waals surface area contributed by atoms with E-state index in [-0.39, 0.29) is 11.2 Å². The van der Waals surface area contributed by atoms with Crippen molar-refractivity contribution in [3.05, 3.63) is 53.1 Å². The van der Waals surface area contributed by atoms with Gasteiger partial charge in [0.1, 0.15) is 5.82 Å². The fourth-order valence-corrected chi connectivity index (χ4v) is 2.25. The maximum Gasteiger partial charge on any atom is 0.151 e. The lowest BCUT2D eigenvalue weighted by molar-refractivity contribution is 0.112. The van der Waals surface area contributed by atoms with Gasteiger partial charge in [-0.15, -0.1) is 0 Å². The van der Waals surface area contributed by atoms with Gasteiger partial charge in [0.25, 0.3) is 0 Å². The molecule has 1 aromatic carbocycles. The van der Waals surface area contributed by atoms with E-state index in [4.69, 9.17) is 0 Å². The summed E-state index contributed by atoms with van der Waals surface area (Å²) in [5.74, 6) is -0.280. The highest BCUT2D eigenvalue weighted by atomic mass is 19.1. The molecule has 0 unspecified atom stereocenters. The molecule has 1 aromatic heterocycles. The standard InChI is InChI=1S/C16H18FNO/c1-11-12(10-19)8-15(16(2,3)4)18(11)14-7-5-6-13(17)9-14/h5-10H,1-4H3. The number of aromatic nitrogens is 1. The Hall–Kier alpha value is -1.90. The number of benzene rings is 1. The van der Waals surface area contributed by atoms with Crippen molar-refractivity contribution in [1.29, 1.82) is 0 Å². The normalized spacial score (nSPS) is 11.6. The fourth-order valence-electron chi connectivity index (χ4n) is 2.25. The number of hydrogen-bond acceptors (Lipinski definition) is 1. The Morgan fingerprint density at radius 1 is 1.21 bits per heavy atom. The number of rotatable bonds is 2. The molecule has 0 saturated carbocycles. The molecule has 0 fully saturated rings. The molecule has 0 radical (unpaired) electrons. The summed E-state index contributed by atoms with van der Waals surface area (Å²) in [5, 5.41) is 0. The van der Waals surface area contributed by atoms with Gasteiger partial charge >= 0.3 is 0 Å². The summed E-state index contributed by atoms with van der Waals surface area (Å²) in [5.41, 5.74) is 3.10. The van der Waals surface area contributed by atoms with Crippen LogP contribution in [-0.2, 0) is 5.41 Å². The van der Waals surface area contributed by atoms with Crippen molar-refractivity contribution in [3.63, 3.8) is 0 Å². The monoisotopic (exact) mass is 259 g/mol. The third-order valence-corrected chi connectivity index (χ3v) is 3.25. The van der Waals surface area contributed by atoms with Crippen LogP contribution in [0.1, 0.15) is 42.5 Å². The predicted molar refractivity (Wildman–Crippen MR) is 74.6 cm³/mol. The Morgan fingerprint density at radius 2 is 1.89 bits per heavy atom. The largest absolute Gasteiger partial charge is 0.317 e. The van der Waals surface area contributed by atoms with Crippen LogP contribution >= 0.6 is 0 Å². The Balaban J connectivity index is 2.74. The van der Waals surface area contributed by atoms with Crippen LogP contribution in [0.15, 0.2) is 30.3 Å². The molecule has 0 atom stereocenters. The molecule has 0 bridgehead atoms. The fraction of sp³-hybridized carbons (Fsp3) is 0.312. The topological polar surface area (TPSA) is 22.0 Å². The van der Waals surface area contributed by atoms with Gasteiger partial charge in [-0.3, -0.25) is 4.79 Å². The minimum atomic E-state index is -0.280. The van der Waals surface area contributed by atoms with Gasteiger partial charge in [-0.25, -0.2) is 4.39 Å². The molecule has 2 nitrogen and oxygen atoms in total. The highest BCUT2D eigenvalue weighted by Gasteiger charge is 2.23. The van der Waals surface area contributed by atoms with E-state index in [2.05, 4.69) is 20.8 Å². The summed E-state index contributed by atoms with van der Waals surface area (Å²) >= 11 is 0. The Morgan fingerprint density at radius 3 is 2.42 bits per heavy atom. The quantitative estimate of drug-likeness (QED) is 0.746. The Labute approximate surface area is 112 Å². The summed E-state index contributed by atoms with van der Waals surface area (Å²) < 4.78 is 15.4. The van der Waals surface area contributed by atoms with Crippen LogP contribution in [0.3, 0.4) is 0 Å². The van der Waals surface area contributed by atoms with Gasteiger partial charge in [-0.2, -0.15) is 0 Å². The zero-order valence-electron chi connectivity index (χ0n) is 11.7. The first-order valence-electron chi connectivity index (χ1n) is 6.28. The summed E-state index contributed by atoms with van der Waals surface area (Å²) in [6.45, 7) is 8.11. The van der Waals surface area contributed by atoms with Crippen LogP contribution in [-0.4, -0.2) is 10.9 Å². The third-order valence-electron chi connectivity index (χ3n) is 3.25. The maximum atomic E-state index is 13.4. The van der Waals surface area contributed by atoms with Crippen molar-refractivity contribution in [3.8, 4) is 5.69 Å². The van der Waals surface area contributed by atoms with E-state index in [1.54, 1.807) is 6.07 Å². The molecule has 0 N–H and O–H groups in total. The van der Waals surface area contributed by atoms with E-state index in [1.807, 2.05) is 23.6 Å². The van der Waals surface area contributed by atoms with Gasteiger partial charge < -0.3 is 4.57 Å². The first-order valence-corrected chi connectivity index (χ1v) is 6.28. The second-order valence-electron chi connectivity index (χ2n) is 5.75. The zero-order chi connectivity index (χ0) is 14.2. The molecule has 0 amide bonds. The van der Waals surface area contributed by atoms with Crippen LogP contribution < -0.4 is 0 Å². The van der Waals surface area contributed by atoms with Crippen molar-refractivity contribution < 1.29 is 9.18 Å². The predicted octanol–water partition coefficient (Wildman–Crippen LogP) is 4.03. The van der Waals surface area contributed by atoms with Crippen LogP contribution in [0.5, 0.6) is 0 Å². The Kier molecular flexibility index (Phi) is 3.31. The van der Waals surface area contributed by atoms with E-state index >= 15 is 0 Å². The van der Waals surface area contributed by atoms with Crippen LogP contribution in [0.25, 0.3) is 5.69 Å². The maximum absolute atomic E-state index is 13.4. The van der Waals surface area contributed by atoms with Gasteiger partial charge in [0.2, 0.25) is 0 Å².